The summed E-state index contributed by atoms with van der Waals surface area (Å²) in [6.07, 6.45) is 0.723. The molecule has 12 nitrogen and oxygen atoms in total. The third kappa shape index (κ3) is 7.58. The molecule has 0 aromatic carbocycles. The van der Waals surface area contributed by atoms with Crippen LogP contribution in [-0.2, 0) is 47.7 Å². The molecule has 1 saturated heterocycles. The number of hydrogen-bond donors (Lipinski definition) is 2. The molecule has 2 fully saturated rings. The van der Waals surface area contributed by atoms with Crippen LogP contribution in [0, 0.1) is 5.92 Å². The van der Waals surface area contributed by atoms with Crippen LogP contribution in [0.25, 0.3) is 0 Å². The molecule has 264 valence electrons. The van der Waals surface area contributed by atoms with E-state index >= 15 is 0 Å². The fourth-order valence-corrected chi connectivity index (χ4v) is 7.07. The summed E-state index contributed by atoms with van der Waals surface area (Å²) in [5.41, 5.74) is -5.83. The number of ether oxygens (including phenoxy) is 5. The molecule has 0 spiro atoms. The summed E-state index contributed by atoms with van der Waals surface area (Å²) < 4.78 is 29.5. The molecule has 0 aromatic rings. The number of unbranched alkanes of at least 4 members (excludes halogenated alkanes) is 4. The number of hydrogen-bond acceptors (Lipinski definition) is 12. The van der Waals surface area contributed by atoms with Gasteiger partial charge in [-0.3, -0.25) is 14.4 Å². The average Bonchev–Trinajstić information content (AvgIpc) is 3.35. The molecule has 8 atom stereocenters. The Hall–Kier alpha value is -3.25. The van der Waals surface area contributed by atoms with Gasteiger partial charge in [-0.05, 0) is 71.4 Å². The lowest BCUT2D eigenvalue weighted by Gasteiger charge is -2.48. The summed E-state index contributed by atoms with van der Waals surface area (Å²) in [6, 6.07) is 0. The van der Waals surface area contributed by atoms with Gasteiger partial charge >= 0.3 is 29.8 Å². The standard InChI is InChI=1S/C35H52O12/c1-9-12-13-14-15-17-25(38)44-29-27-26(21(5)28(29)45-31(39)20(4)11-3)30-35(42,34(8,41)32(40)46-30)23(43-24(37)16-10-2)18-19-33(27,7)47-22(6)36/h11,23,27-30,41-42H,9-10,12-19H2,1-8H3/b20-11-/t23-,27+,28-,29-,30-,33-,34+,35+/m0/s1. The second kappa shape index (κ2) is 15.3. The molecule has 0 amide bonds. The molecule has 2 aliphatic carbocycles. The van der Waals surface area contributed by atoms with E-state index in [0.717, 1.165) is 32.6 Å². The van der Waals surface area contributed by atoms with Crippen LogP contribution in [0.15, 0.2) is 22.8 Å². The predicted molar refractivity (Wildman–Crippen MR) is 168 cm³/mol. The van der Waals surface area contributed by atoms with Crippen LogP contribution in [0.3, 0.4) is 0 Å². The zero-order valence-electron chi connectivity index (χ0n) is 29.0. The summed E-state index contributed by atoms with van der Waals surface area (Å²) in [5.74, 6) is -4.84. The molecule has 0 aromatic heterocycles. The van der Waals surface area contributed by atoms with Crippen LogP contribution in [-0.4, -0.2) is 81.3 Å². The maximum absolute atomic E-state index is 13.4. The fraction of sp³-hybridized carbons (Fsp3) is 0.743. The van der Waals surface area contributed by atoms with Crippen molar-refractivity contribution >= 4 is 29.8 Å². The van der Waals surface area contributed by atoms with E-state index in [1.54, 1.807) is 40.7 Å². The SMILES string of the molecule is C/C=C(/C)C(=O)O[C@H]1C(C)=C2[C@H]([C@@H]1OC(=O)CCCCCCC)[C@@](C)(OC(C)=O)CC[C@H](OC(=O)CCC)[C@@]1(O)[C@H]2OC(=O)[C@@]1(C)O. The summed E-state index contributed by atoms with van der Waals surface area (Å²) in [7, 11) is 0. The van der Waals surface area contributed by atoms with Crippen LogP contribution in [0.2, 0.25) is 0 Å². The molecule has 47 heavy (non-hydrogen) atoms. The smallest absolute Gasteiger partial charge is 0.341 e. The highest BCUT2D eigenvalue weighted by atomic mass is 16.6. The molecule has 0 unspecified atom stereocenters. The molecule has 2 N–H and O–H groups in total. The molecule has 12 heteroatoms. The van der Waals surface area contributed by atoms with Gasteiger partial charge in [-0.15, -0.1) is 0 Å². The minimum Gasteiger partial charge on any atom is -0.459 e. The van der Waals surface area contributed by atoms with E-state index in [9.17, 15) is 34.2 Å². The van der Waals surface area contributed by atoms with E-state index in [1.807, 2.05) is 0 Å². The van der Waals surface area contributed by atoms with Crippen molar-refractivity contribution in [3.63, 3.8) is 0 Å². The van der Waals surface area contributed by atoms with Gasteiger partial charge in [0.1, 0.15) is 11.7 Å². The number of esters is 5. The molecular weight excluding hydrogens is 612 g/mol. The summed E-state index contributed by atoms with van der Waals surface area (Å²) in [6.45, 7) is 12.6. The molecule has 0 bridgehead atoms. The van der Waals surface area contributed by atoms with Crippen LogP contribution >= 0.6 is 0 Å². The molecule has 3 rings (SSSR count). The second-order valence-electron chi connectivity index (χ2n) is 13.4. The highest BCUT2D eigenvalue weighted by molar-refractivity contribution is 5.88. The fourth-order valence-electron chi connectivity index (χ4n) is 7.07. The van der Waals surface area contributed by atoms with Crippen molar-refractivity contribution in [2.75, 3.05) is 0 Å². The number of aliphatic hydroxyl groups is 2. The van der Waals surface area contributed by atoms with E-state index < -0.39 is 77.0 Å². The van der Waals surface area contributed by atoms with E-state index in [4.69, 9.17) is 23.7 Å². The maximum Gasteiger partial charge on any atom is 0.341 e. The molecular formula is C35H52O12. The zero-order chi connectivity index (χ0) is 35.3. The number of allylic oxidation sites excluding steroid dienone is 1. The minimum absolute atomic E-state index is 0.0124. The lowest BCUT2D eigenvalue weighted by molar-refractivity contribution is -0.216. The van der Waals surface area contributed by atoms with E-state index in [0.29, 0.717) is 12.8 Å². The Kier molecular flexibility index (Phi) is 12.4. The number of carbonyl (C=O) groups is 5. The first-order valence-corrected chi connectivity index (χ1v) is 16.8. The van der Waals surface area contributed by atoms with Gasteiger partial charge in [-0.25, -0.2) is 9.59 Å². The Morgan fingerprint density at radius 1 is 0.936 bits per heavy atom. The van der Waals surface area contributed by atoms with Crippen molar-refractivity contribution in [3.05, 3.63) is 22.8 Å². The summed E-state index contributed by atoms with van der Waals surface area (Å²) in [4.78, 5) is 65.2. The quantitative estimate of drug-likeness (QED) is 0.0941. The highest BCUT2D eigenvalue weighted by Gasteiger charge is 2.74. The van der Waals surface area contributed by atoms with Gasteiger partial charge in [0.15, 0.2) is 29.5 Å². The Bertz CT molecular complexity index is 1280. The first kappa shape index (κ1) is 38.2. The topological polar surface area (TPSA) is 172 Å². The lowest BCUT2D eigenvalue weighted by atomic mass is 9.65. The van der Waals surface area contributed by atoms with Gasteiger partial charge < -0.3 is 33.9 Å². The van der Waals surface area contributed by atoms with Crippen LogP contribution < -0.4 is 0 Å². The van der Waals surface area contributed by atoms with Crippen molar-refractivity contribution in [1.29, 1.82) is 0 Å². The van der Waals surface area contributed by atoms with Crippen molar-refractivity contribution in [1.82, 2.24) is 0 Å². The maximum atomic E-state index is 13.4. The van der Waals surface area contributed by atoms with E-state index in [2.05, 4.69) is 6.92 Å². The van der Waals surface area contributed by atoms with E-state index in [1.165, 1.54) is 6.92 Å². The van der Waals surface area contributed by atoms with Gasteiger partial charge in [0.25, 0.3) is 0 Å². The molecule has 1 saturated carbocycles. The van der Waals surface area contributed by atoms with Crippen LogP contribution in [0.1, 0.15) is 120 Å². The van der Waals surface area contributed by atoms with Gasteiger partial charge in [0.2, 0.25) is 0 Å². The molecule has 0 radical (unpaired) electrons. The highest BCUT2D eigenvalue weighted by Crippen LogP contribution is 2.56. The van der Waals surface area contributed by atoms with Crippen molar-refractivity contribution < 1.29 is 57.9 Å². The van der Waals surface area contributed by atoms with Gasteiger partial charge in [-0.1, -0.05) is 45.6 Å². The predicted octanol–water partition coefficient (Wildman–Crippen LogP) is 4.32. The van der Waals surface area contributed by atoms with Crippen molar-refractivity contribution in [2.45, 2.75) is 161 Å². The number of fused-ring (bicyclic) bond motifs is 3. The van der Waals surface area contributed by atoms with Crippen LogP contribution in [0.4, 0.5) is 0 Å². The average molecular weight is 665 g/mol. The minimum atomic E-state index is -2.54. The first-order valence-electron chi connectivity index (χ1n) is 16.8. The van der Waals surface area contributed by atoms with E-state index in [-0.39, 0.29) is 42.4 Å². The van der Waals surface area contributed by atoms with Gasteiger partial charge in [0, 0.05) is 25.3 Å². The third-order valence-corrected chi connectivity index (χ3v) is 9.83. The normalized spacial score (nSPS) is 33.6. The largest absolute Gasteiger partial charge is 0.459 e. The molecule has 1 heterocycles. The molecule has 3 aliphatic rings. The zero-order valence-corrected chi connectivity index (χ0v) is 29.0. The number of carbonyl (C=O) groups excluding carboxylic acids is 5. The van der Waals surface area contributed by atoms with Crippen molar-refractivity contribution in [2.24, 2.45) is 5.92 Å². The third-order valence-electron chi connectivity index (χ3n) is 9.83. The molecule has 1 aliphatic heterocycles. The monoisotopic (exact) mass is 664 g/mol. The summed E-state index contributed by atoms with van der Waals surface area (Å²) >= 11 is 0. The Morgan fingerprint density at radius 2 is 1.57 bits per heavy atom. The second-order valence-corrected chi connectivity index (χ2v) is 13.4. The van der Waals surface area contributed by atoms with Gasteiger partial charge in [-0.2, -0.15) is 0 Å². The Balaban J connectivity index is 2.23. The van der Waals surface area contributed by atoms with Crippen molar-refractivity contribution in [3.8, 4) is 0 Å². The lowest BCUT2D eigenvalue weighted by Crippen LogP contribution is -2.67. The summed E-state index contributed by atoms with van der Waals surface area (Å²) in [5, 5.41) is 23.9. The first-order chi connectivity index (χ1) is 22.0. The Morgan fingerprint density at radius 3 is 2.17 bits per heavy atom. The number of rotatable bonds is 13. The van der Waals surface area contributed by atoms with Gasteiger partial charge in [0.05, 0.1) is 5.92 Å². The van der Waals surface area contributed by atoms with Crippen LogP contribution in [0.5, 0.6) is 0 Å². The Labute approximate surface area is 277 Å².